The van der Waals surface area contributed by atoms with E-state index in [0.717, 1.165) is 25.7 Å². The van der Waals surface area contributed by atoms with E-state index in [1.54, 1.807) is 26.8 Å². The van der Waals surface area contributed by atoms with E-state index in [0.29, 0.717) is 32.8 Å². The molecular formula is C16H23FN2O3S. The van der Waals surface area contributed by atoms with Gasteiger partial charge in [-0.3, -0.25) is 0 Å². The Morgan fingerprint density at radius 1 is 1.09 bits per heavy atom. The number of para-hydroxylation sites is 1. The predicted octanol–water partition coefficient (Wildman–Crippen LogP) is 2.26. The maximum Gasteiger partial charge on any atom is 0.281 e. The van der Waals surface area contributed by atoms with Gasteiger partial charge in [-0.2, -0.15) is 17.0 Å². The second-order valence-corrected chi connectivity index (χ2v) is 8.15. The van der Waals surface area contributed by atoms with E-state index < -0.39 is 10.2 Å². The number of hydrogen-bond acceptors (Lipinski definition) is 3. The quantitative estimate of drug-likeness (QED) is 0.825. The van der Waals surface area contributed by atoms with Crippen LogP contribution in [0.2, 0.25) is 0 Å². The first-order valence-corrected chi connectivity index (χ1v) is 9.59. The standard InChI is InChI=1S/C16H23FN2O3S/c17-15-7-1-2-8-16(15)22-13-14-6-5-11-19(12-14)23(20,21)18-9-3-4-10-18/h1-2,7-8,14H,3-6,9-13H2/t14-/m1/s1. The van der Waals surface area contributed by atoms with Crippen LogP contribution in [0.3, 0.4) is 0 Å². The van der Waals surface area contributed by atoms with Gasteiger partial charge in [0.1, 0.15) is 0 Å². The van der Waals surface area contributed by atoms with Crippen LogP contribution in [-0.2, 0) is 10.2 Å². The summed E-state index contributed by atoms with van der Waals surface area (Å²) in [5.41, 5.74) is 0. The van der Waals surface area contributed by atoms with Crippen LogP contribution in [0, 0.1) is 11.7 Å². The summed E-state index contributed by atoms with van der Waals surface area (Å²) in [5, 5.41) is 0. The summed E-state index contributed by atoms with van der Waals surface area (Å²) in [4.78, 5) is 0. The Kier molecular flexibility index (Phi) is 5.18. The molecule has 23 heavy (non-hydrogen) atoms. The second-order valence-electron chi connectivity index (χ2n) is 6.22. The van der Waals surface area contributed by atoms with E-state index in [2.05, 4.69) is 0 Å². The van der Waals surface area contributed by atoms with E-state index >= 15 is 0 Å². The minimum absolute atomic E-state index is 0.0979. The molecule has 2 aliphatic rings. The molecule has 0 radical (unpaired) electrons. The summed E-state index contributed by atoms with van der Waals surface area (Å²) in [6, 6.07) is 6.30. The largest absolute Gasteiger partial charge is 0.490 e. The van der Waals surface area contributed by atoms with E-state index in [4.69, 9.17) is 4.74 Å². The smallest absolute Gasteiger partial charge is 0.281 e. The van der Waals surface area contributed by atoms with Crippen molar-refractivity contribution in [2.75, 3.05) is 32.8 Å². The van der Waals surface area contributed by atoms with Gasteiger partial charge in [0.25, 0.3) is 10.2 Å². The molecule has 0 saturated carbocycles. The average Bonchev–Trinajstić information content (AvgIpc) is 3.10. The molecule has 1 atom stereocenters. The van der Waals surface area contributed by atoms with Gasteiger partial charge in [-0.05, 0) is 37.8 Å². The molecule has 0 bridgehead atoms. The van der Waals surface area contributed by atoms with E-state index in [-0.39, 0.29) is 17.5 Å². The van der Waals surface area contributed by atoms with Crippen molar-refractivity contribution in [3.8, 4) is 5.75 Å². The van der Waals surface area contributed by atoms with Gasteiger partial charge in [0.05, 0.1) is 6.61 Å². The molecule has 128 valence electrons. The molecule has 0 spiro atoms. The Morgan fingerprint density at radius 2 is 1.78 bits per heavy atom. The zero-order valence-electron chi connectivity index (χ0n) is 13.2. The second kappa shape index (κ2) is 7.15. The highest BCUT2D eigenvalue weighted by molar-refractivity contribution is 7.86. The molecule has 0 N–H and O–H groups in total. The fraction of sp³-hybridized carbons (Fsp3) is 0.625. The van der Waals surface area contributed by atoms with Crippen molar-refractivity contribution in [2.24, 2.45) is 5.92 Å². The van der Waals surface area contributed by atoms with Gasteiger partial charge in [0.2, 0.25) is 0 Å². The minimum Gasteiger partial charge on any atom is -0.490 e. The van der Waals surface area contributed by atoms with Crippen LogP contribution >= 0.6 is 0 Å². The number of rotatable bonds is 5. The zero-order chi connectivity index (χ0) is 16.3. The SMILES string of the molecule is O=S(=O)(N1CCCC1)N1CCC[C@@H](COc2ccccc2F)C1. The van der Waals surface area contributed by atoms with Gasteiger partial charge in [0.15, 0.2) is 11.6 Å². The molecule has 2 heterocycles. The monoisotopic (exact) mass is 342 g/mol. The molecule has 0 aliphatic carbocycles. The number of halogens is 1. The van der Waals surface area contributed by atoms with Crippen LogP contribution in [0.25, 0.3) is 0 Å². The fourth-order valence-corrected chi connectivity index (χ4v) is 5.03. The summed E-state index contributed by atoms with van der Waals surface area (Å²) in [7, 11) is -3.35. The molecule has 7 heteroatoms. The van der Waals surface area contributed by atoms with Crippen molar-refractivity contribution in [1.29, 1.82) is 0 Å². The van der Waals surface area contributed by atoms with Crippen molar-refractivity contribution < 1.29 is 17.5 Å². The molecule has 2 aliphatic heterocycles. The predicted molar refractivity (Wildman–Crippen MR) is 85.9 cm³/mol. The molecule has 1 aromatic rings. The van der Waals surface area contributed by atoms with E-state index in [1.165, 1.54) is 6.07 Å². The fourth-order valence-electron chi connectivity index (χ4n) is 3.22. The maximum atomic E-state index is 13.6. The Balaban J connectivity index is 1.59. The first-order valence-electron chi connectivity index (χ1n) is 8.20. The molecule has 3 rings (SSSR count). The lowest BCUT2D eigenvalue weighted by Gasteiger charge is -2.34. The number of benzene rings is 1. The third-order valence-corrected chi connectivity index (χ3v) is 6.51. The van der Waals surface area contributed by atoms with Crippen molar-refractivity contribution in [2.45, 2.75) is 25.7 Å². The molecule has 5 nitrogen and oxygen atoms in total. The van der Waals surface area contributed by atoms with Crippen molar-refractivity contribution in [1.82, 2.24) is 8.61 Å². The Bertz CT molecular complexity index is 632. The van der Waals surface area contributed by atoms with Gasteiger partial charge in [-0.25, -0.2) is 4.39 Å². The highest BCUT2D eigenvalue weighted by atomic mass is 32.2. The number of ether oxygens (including phenoxy) is 1. The molecule has 0 aromatic heterocycles. The van der Waals surface area contributed by atoms with Gasteiger partial charge >= 0.3 is 0 Å². The summed E-state index contributed by atoms with van der Waals surface area (Å²) < 4.78 is 47.5. The molecule has 2 saturated heterocycles. The van der Waals surface area contributed by atoms with Crippen molar-refractivity contribution in [3.63, 3.8) is 0 Å². The maximum absolute atomic E-state index is 13.6. The van der Waals surface area contributed by atoms with Crippen molar-refractivity contribution >= 4 is 10.2 Å². The minimum atomic E-state index is -3.35. The highest BCUT2D eigenvalue weighted by Crippen LogP contribution is 2.25. The Hall–Kier alpha value is -1.18. The van der Waals surface area contributed by atoms with Crippen LogP contribution in [0.15, 0.2) is 24.3 Å². The summed E-state index contributed by atoms with van der Waals surface area (Å²) >= 11 is 0. The topological polar surface area (TPSA) is 49.9 Å². The average molecular weight is 342 g/mol. The Morgan fingerprint density at radius 3 is 2.52 bits per heavy atom. The molecule has 2 fully saturated rings. The highest BCUT2D eigenvalue weighted by Gasteiger charge is 2.35. The molecule has 0 unspecified atom stereocenters. The molecule has 0 amide bonds. The summed E-state index contributed by atoms with van der Waals surface area (Å²) in [6.07, 6.45) is 3.60. The van der Waals surface area contributed by atoms with Gasteiger partial charge in [-0.15, -0.1) is 0 Å². The summed E-state index contributed by atoms with van der Waals surface area (Å²) in [6.45, 7) is 2.60. The summed E-state index contributed by atoms with van der Waals surface area (Å²) in [5.74, 6) is -0.0578. The zero-order valence-corrected chi connectivity index (χ0v) is 14.0. The third-order valence-electron chi connectivity index (χ3n) is 4.51. The van der Waals surface area contributed by atoms with Crippen molar-refractivity contribution in [3.05, 3.63) is 30.1 Å². The molecular weight excluding hydrogens is 319 g/mol. The van der Waals surface area contributed by atoms with Crippen LogP contribution in [0.5, 0.6) is 5.75 Å². The first kappa shape index (κ1) is 16.7. The van der Waals surface area contributed by atoms with Gasteiger partial charge < -0.3 is 4.74 Å². The third kappa shape index (κ3) is 3.84. The van der Waals surface area contributed by atoms with E-state index in [9.17, 15) is 12.8 Å². The van der Waals surface area contributed by atoms with Crippen LogP contribution in [-0.4, -0.2) is 49.8 Å². The van der Waals surface area contributed by atoms with Crippen LogP contribution in [0.1, 0.15) is 25.7 Å². The molecule has 1 aromatic carbocycles. The lowest BCUT2D eigenvalue weighted by atomic mass is 10.0. The van der Waals surface area contributed by atoms with E-state index in [1.807, 2.05) is 0 Å². The number of hydrogen-bond donors (Lipinski definition) is 0. The number of nitrogens with zero attached hydrogens (tertiary/aromatic N) is 2. The van der Waals surface area contributed by atoms with Crippen LogP contribution in [0.4, 0.5) is 4.39 Å². The van der Waals surface area contributed by atoms with Gasteiger partial charge in [0, 0.05) is 32.1 Å². The normalized spacial score (nSPS) is 24.0. The first-order chi connectivity index (χ1) is 11.1. The lowest BCUT2D eigenvalue weighted by Crippen LogP contribution is -2.47. The lowest BCUT2D eigenvalue weighted by molar-refractivity contribution is 0.171. The van der Waals surface area contributed by atoms with Gasteiger partial charge in [-0.1, -0.05) is 12.1 Å². The number of piperidine rings is 1. The Labute approximate surface area is 137 Å². The van der Waals surface area contributed by atoms with Crippen LogP contribution < -0.4 is 4.74 Å².